The summed E-state index contributed by atoms with van der Waals surface area (Å²) in [6.45, 7) is 3.40. The van der Waals surface area contributed by atoms with E-state index in [0.29, 0.717) is 38.4 Å². The topological polar surface area (TPSA) is 91.5 Å². The van der Waals surface area contributed by atoms with Gasteiger partial charge in [0.1, 0.15) is 11.5 Å². The molecule has 0 saturated heterocycles. The first-order valence-corrected chi connectivity index (χ1v) is 11.7. The van der Waals surface area contributed by atoms with Crippen molar-refractivity contribution in [2.75, 3.05) is 6.61 Å². The van der Waals surface area contributed by atoms with E-state index in [1.165, 1.54) is 0 Å². The summed E-state index contributed by atoms with van der Waals surface area (Å²) in [4.78, 5) is 22.4. The van der Waals surface area contributed by atoms with Crippen molar-refractivity contribution in [3.8, 4) is 17.2 Å². The zero-order chi connectivity index (χ0) is 24.2. The van der Waals surface area contributed by atoms with Crippen LogP contribution in [-0.2, 0) is 30.7 Å². The van der Waals surface area contributed by atoms with E-state index in [2.05, 4.69) is 9.97 Å². The number of rotatable bonds is 8. The van der Waals surface area contributed by atoms with E-state index in [1.807, 2.05) is 72.5 Å². The molecule has 3 heterocycles. The Morgan fingerprint density at radius 1 is 1.11 bits per heavy atom. The number of oxazole rings is 1. The van der Waals surface area contributed by atoms with Gasteiger partial charge in [-0.3, -0.25) is 9.88 Å². The summed E-state index contributed by atoms with van der Waals surface area (Å²) in [6, 6.07) is 18.8. The van der Waals surface area contributed by atoms with Gasteiger partial charge in [0.15, 0.2) is 0 Å². The van der Waals surface area contributed by atoms with Crippen LogP contribution in [0.1, 0.15) is 28.1 Å². The van der Waals surface area contributed by atoms with E-state index in [1.54, 1.807) is 12.4 Å². The summed E-state index contributed by atoms with van der Waals surface area (Å²) in [5.74, 6) is 1.11. The number of fused-ring (bicyclic) bond motifs is 1. The second-order valence-electron chi connectivity index (χ2n) is 8.72. The molecular formula is C28H26N3NaO4. The van der Waals surface area contributed by atoms with Crippen LogP contribution in [0.4, 0.5) is 0 Å². The van der Waals surface area contributed by atoms with Gasteiger partial charge < -0.3 is 19.1 Å². The molecule has 0 amide bonds. The van der Waals surface area contributed by atoms with Crippen LogP contribution in [-0.4, -0.2) is 33.5 Å². The Kier molecular flexibility index (Phi) is 8.59. The maximum absolute atomic E-state index is 11.8. The summed E-state index contributed by atoms with van der Waals surface area (Å²) < 4.78 is 11.9. The number of carbonyl (C=O) groups excluding carboxylic acids is 1. The van der Waals surface area contributed by atoms with Crippen molar-refractivity contribution in [2.24, 2.45) is 0 Å². The molecule has 5 rings (SSSR count). The first-order valence-electron chi connectivity index (χ1n) is 11.7. The summed E-state index contributed by atoms with van der Waals surface area (Å²) >= 11 is 0. The predicted octanol–water partition coefficient (Wildman–Crippen LogP) is 0.347. The third-order valence-electron chi connectivity index (χ3n) is 6.33. The number of aromatic nitrogens is 2. The van der Waals surface area contributed by atoms with Crippen molar-refractivity contribution >= 4 is 5.97 Å². The average Bonchev–Trinajstić information content (AvgIpc) is 3.25. The van der Waals surface area contributed by atoms with Crippen molar-refractivity contribution in [2.45, 2.75) is 38.9 Å². The minimum absolute atomic E-state index is 0. The van der Waals surface area contributed by atoms with Crippen molar-refractivity contribution in [1.82, 2.24) is 14.9 Å². The third-order valence-corrected chi connectivity index (χ3v) is 6.33. The fraction of sp³-hybridized carbons (Fsp3) is 0.250. The largest absolute Gasteiger partial charge is 1.00 e. The van der Waals surface area contributed by atoms with Gasteiger partial charge in [-0.05, 0) is 66.4 Å². The van der Waals surface area contributed by atoms with Gasteiger partial charge in [-0.1, -0.05) is 24.3 Å². The van der Waals surface area contributed by atoms with Crippen LogP contribution in [0, 0.1) is 6.92 Å². The van der Waals surface area contributed by atoms with Crippen molar-refractivity contribution < 1.29 is 48.6 Å². The molecule has 0 unspecified atom stereocenters. The molecule has 36 heavy (non-hydrogen) atoms. The Morgan fingerprint density at radius 2 is 1.89 bits per heavy atom. The minimum atomic E-state index is -1.05. The van der Waals surface area contributed by atoms with Crippen molar-refractivity contribution in [3.63, 3.8) is 0 Å². The van der Waals surface area contributed by atoms with Gasteiger partial charge in [-0.15, -0.1) is 0 Å². The van der Waals surface area contributed by atoms with Gasteiger partial charge in [0.25, 0.3) is 0 Å². The number of aryl methyl sites for hydroxylation is 1. The number of hydrogen-bond donors (Lipinski definition) is 0. The second-order valence-corrected chi connectivity index (χ2v) is 8.72. The summed E-state index contributed by atoms with van der Waals surface area (Å²) in [5, 5.41) is 11.8. The smallest absolute Gasteiger partial charge is 0.548 e. The quantitative estimate of drug-likeness (QED) is 0.329. The number of carbonyl (C=O) groups is 1. The number of carboxylic acid groups (broad SMARTS) is 1. The van der Waals surface area contributed by atoms with Crippen LogP contribution in [0.15, 0.2) is 77.5 Å². The maximum atomic E-state index is 11.8. The van der Waals surface area contributed by atoms with Gasteiger partial charge in [-0.25, -0.2) is 4.98 Å². The molecule has 0 saturated carbocycles. The summed E-state index contributed by atoms with van der Waals surface area (Å²) in [6.07, 6.45) is 4.46. The maximum Gasteiger partial charge on any atom is 1.00 e. The fourth-order valence-electron chi connectivity index (χ4n) is 4.46. The molecule has 0 N–H and O–H groups in total. The van der Waals surface area contributed by atoms with E-state index in [-0.39, 0.29) is 29.6 Å². The summed E-state index contributed by atoms with van der Waals surface area (Å²) in [7, 11) is 0. The van der Waals surface area contributed by atoms with Crippen LogP contribution in [0.3, 0.4) is 0 Å². The Bertz CT molecular complexity index is 1310. The minimum Gasteiger partial charge on any atom is -0.548 e. The van der Waals surface area contributed by atoms with E-state index in [9.17, 15) is 9.90 Å². The first-order chi connectivity index (χ1) is 17.1. The van der Waals surface area contributed by atoms with E-state index in [4.69, 9.17) is 9.15 Å². The molecule has 0 bridgehead atoms. The zero-order valence-electron chi connectivity index (χ0n) is 20.5. The Morgan fingerprint density at radius 3 is 2.64 bits per heavy atom. The molecular weight excluding hydrogens is 465 g/mol. The molecule has 1 aliphatic rings. The predicted molar refractivity (Wildman–Crippen MR) is 128 cm³/mol. The van der Waals surface area contributed by atoms with Crippen molar-refractivity contribution in [3.05, 3.63) is 101 Å². The van der Waals surface area contributed by atoms with Gasteiger partial charge in [0.2, 0.25) is 5.89 Å². The molecule has 0 spiro atoms. The van der Waals surface area contributed by atoms with Crippen LogP contribution in [0.2, 0.25) is 0 Å². The number of aliphatic carboxylic acids is 1. The van der Waals surface area contributed by atoms with Gasteiger partial charge in [-0.2, -0.15) is 0 Å². The Hall–Kier alpha value is -2.97. The van der Waals surface area contributed by atoms with Gasteiger partial charge >= 0.3 is 29.6 Å². The van der Waals surface area contributed by atoms with Crippen LogP contribution >= 0.6 is 0 Å². The molecule has 2 aromatic heterocycles. The van der Waals surface area contributed by atoms with Crippen LogP contribution in [0.25, 0.3) is 11.5 Å². The molecule has 7 nitrogen and oxygen atoms in total. The fourth-order valence-corrected chi connectivity index (χ4v) is 4.46. The molecule has 1 atom stereocenters. The first kappa shape index (κ1) is 26.1. The number of hydrogen-bond acceptors (Lipinski definition) is 7. The standard InChI is InChI=1S/C28H27N3O4.Na/c1-19-25(30-27(35-19)21-5-3-2-4-6-21)11-14-34-24-8-7-22-16-26(28(32)33)31(18-23(22)15-24)17-20-9-12-29-13-10-20;/h2-10,12-13,15,26H,11,14,16-18H2,1H3,(H,32,33);/q;+1/p-1/t26-;/m0./s1. The third kappa shape index (κ3) is 6.05. The normalized spacial score (nSPS) is 15.1. The van der Waals surface area contributed by atoms with Gasteiger partial charge in [0.05, 0.1) is 24.3 Å². The molecule has 4 aromatic rings. The number of nitrogens with zero attached hydrogens (tertiary/aromatic N) is 3. The van der Waals surface area contributed by atoms with E-state index < -0.39 is 12.0 Å². The molecule has 178 valence electrons. The summed E-state index contributed by atoms with van der Waals surface area (Å²) in [5.41, 5.74) is 4.92. The van der Waals surface area contributed by atoms with Crippen LogP contribution in [0.5, 0.6) is 5.75 Å². The zero-order valence-corrected chi connectivity index (χ0v) is 22.5. The molecule has 2 aromatic carbocycles. The molecule has 1 aliphatic heterocycles. The van der Waals surface area contributed by atoms with E-state index >= 15 is 0 Å². The van der Waals surface area contributed by atoms with Crippen LogP contribution < -0.4 is 39.4 Å². The number of pyridine rings is 1. The average molecular weight is 492 g/mol. The second kappa shape index (κ2) is 11.8. The molecule has 0 fully saturated rings. The van der Waals surface area contributed by atoms with E-state index in [0.717, 1.165) is 39.5 Å². The number of ether oxygens (including phenoxy) is 1. The molecule has 0 aliphatic carbocycles. The number of carboxylic acids is 1. The van der Waals surface area contributed by atoms with Gasteiger partial charge in [0, 0.05) is 37.5 Å². The molecule has 8 heteroatoms. The van der Waals surface area contributed by atoms with Crippen molar-refractivity contribution in [1.29, 1.82) is 0 Å². The SMILES string of the molecule is Cc1oc(-c2ccccc2)nc1CCOc1ccc2c(c1)CN(Cc1ccncc1)[C@H](C(=O)[O-])C2.[Na+]. The monoisotopic (exact) mass is 491 g/mol. The molecule has 0 radical (unpaired) electrons. The number of benzene rings is 2. The Labute approximate surface area is 232 Å². The Balaban J connectivity index is 0.00000304.